The molecule has 0 atom stereocenters. The average molecular weight is 239 g/mol. The van der Waals surface area contributed by atoms with Crippen LogP contribution in [0.2, 0.25) is 0 Å². The number of nitrogen functional groups attached to an aromatic ring is 1. The number of hydrogen-bond donors (Lipinski definition) is 1. The van der Waals surface area contributed by atoms with Crippen molar-refractivity contribution in [3.05, 3.63) is 52.5 Å². The van der Waals surface area contributed by atoms with Crippen LogP contribution in [-0.2, 0) is 19.3 Å². The molecule has 0 aliphatic heterocycles. The molecule has 1 heterocycles. The highest BCUT2D eigenvalue weighted by atomic mass is 15.0. The van der Waals surface area contributed by atoms with Crippen molar-refractivity contribution in [2.75, 3.05) is 5.73 Å². The molecular formula is C15H17N3. The molecule has 18 heavy (non-hydrogen) atoms. The van der Waals surface area contributed by atoms with E-state index in [9.17, 15) is 0 Å². The molecule has 92 valence electrons. The van der Waals surface area contributed by atoms with E-state index in [0.717, 1.165) is 37.2 Å². The van der Waals surface area contributed by atoms with Gasteiger partial charge in [0.2, 0.25) is 0 Å². The molecule has 3 heteroatoms. The van der Waals surface area contributed by atoms with Crippen molar-refractivity contribution >= 4 is 5.82 Å². The van der Waals surface area contributed by atoms with Crippen LogP contribution in [0.3, 0.4) is 0 Å². The minimum absolute atomic E-state index is 0.681. The molecule has 1 aromatic carbocycles. The van der Waals surface area contributed by atoms with Gasteiger partial charge in [0.05, 0.1) is 0 Å². The van der Waals surface area contributed by atoms with Gasteiger partial charge in [0.1, 0.15) is 11.6 Å². The zero-order chi connectivity index (χ0) is 12.5. The SMILES string of the molecule is Cc1cccc(Cc2nc(N)c3c(n2)CCC3)c1. The third-order valence-corrected chi connectivity index (χ3v) is 3.46. The topological polar surface area (TPSA) is 51.8 Å². The summed E-state index contributed by atoms with van der Waals surface area (Å²) >= 11 is 0. The van der Waals surface area contributed by atoms with Crippen molar-refractivity contribution in [2.24, 2.45) is 0 Å². The van der Waals surface area contributed by atoms with Crippen LogP contribution in [0.4, 0.5) is 5.82 Å². The number of rotatable bonds is 2. The van der Waals surface area contributed by atoms with Gasteiger partial charge < -0.3 is 5.73 Å². The molecule has 0 saturated heterocycles. The Morgan fingerprint density at radius 1 is 1.22 bits per heavy atom. The number of benzene rings is 1. The van der Waals surface area contributed by atoms with E-state index in [1.807, 2.05) is 0 Å². The number of aromatic nitrogens is 2. The molecule has 0 spiro atoms. The van der Waals surface area contributed by atoms with Crippen LogP contribution < -0.4 is 5.73 Å². The van der Waals surface area contributed by atoms with Gasteiger partial charge in [-0.15, -0.1) is 0 Å². The van der Waals surface area contributed by atoms with Crippen LogP contribution in [0, 0.1) is 6.92 Å². The molecule has 0 fully saturated rings. The van der Waals surface area contributed by atoms with Crippen molar-refractivity contribution in [1.82, 2.24) is 9.97 Å². The molecule has 0 unspecified atom stereocenters. The van der Waals surface area contributed by atoms with Crippen molar-refractivity contribution < 1.29 is 0 Å². The van der Waals surface area contributed by atoms with E-state index in [-0.39, 0.29) is 0 Å². The summed E-state index contributed by atoms with van der Waals surface area (Å²) in [7, 11) is 0. The Hall–Kier alpha value is -1.90. The molecular weight excluding hydrogens is 222 g/mol. The van der Waals surface area contributed by atoms with E-state index >= 15 is 0 Å². The fraction of sp³-hybridized carbons (Fsp3) is 0.333. The predicted molar refractivity (Wildman–Crippen MR) is 72.5 cm³/mol. The smallest absolute Gasteiger partial charge is 0.135 e. The fourth-order valence-corrected chi connectivity index (χ4v) is 2.60. The van der Waals surface area contributed by atoms with Gasteiger partial charge in [-0.2, -0.15) is 0 Å². The first-order valence-corrected chi connectivity index (χ1v) is 6.42. The van der Waals surface area contributed by atoms with Crippen LogP contribution in [0.15, 0.2) is 24.3 Å². The van der Waals surface area contributed by atoms with Crippen molar-refractivity contribution in [3.63, 3.8) is 0 Å². The number of nitrogens with zero attached hydrogens (tertiary/aromatic N) is 2. The van der Waals surface area contributed by atoms with Gasteiger partial charge in [0.25, 0.3) is 0 Å². The fourth-order valence-electron chi connectivity index (χ4n) is 2.60. The minimum Gasteiger partial charge on any atom is -0.383 e. The summed E-state index contributed by atoms with van der Waals surface area (Å²) in [5.74, 6) is 1.53. The summed E-state index contributed by atoms with van der Waals surface area (Å²) in [6.45, 7) is 2.10. The molecule has 1 aliphatic carbocycles. The molecule has 1 aliphatic rings. The monoisotopic (exact) mass is 239 g/mol. The lowest BCUT2D eigenvalue weighted by atomic mass is 10.1. The van der Waals surface area contributed by atoms with Gasteiger partial charge in [-0.05, 0) is 31.7 Å². The first-order chi connectivity index (χ1) is 8.72. The Morgan fingerprint density at radius 2 is 2.11 bits per heavy atom. The summed E-state index contributed by atoms with van der Waals surface area (Å²) in [5, 5.41) is 0. The second-order valence-corrected chi connectivity index (χ2v) is 4.97. The molecule has 2 N–H and O–H groups in total. The van der Waals surface area contributed by atoms with Crippen molar-refractivity contribution in [3.8, 4) is 0 Å². The van der Waals surface area contributed by atoms with Gasteiger partial charge in [0, 0.05) is 17.7 Å². The number of nitrogens with two attached hydrogens (primary N) is 1. The first kappa shape index (κ1) is 11.2. The van der Waals surface area contributed by atoms with Crippen molar-refractivity contribution in [2.45, 2.75) is 32.6 Å². The highest BCUT2D eigenvalue weighted by Crippen LogP contribution is 2.24. The Balaban J connectivity index is 1.92. The zero-order valence-electron chi connectivity index (χ0n) is 10.6. The van der Waals surface area contributed by atoms with Crippen LogP contribution in [0.25, 0.3) is 0 Å². The van der Waals surface area contributed by atoms with Crippen LogP contribution in [0.5, 0.6) is 0 Å². The predicted octanol–water partition coefficient (Wildman–Crippen LogP) is 2.45. The van der Waals surface area contributed by atoms with Gasteiger partial charge >= 0.3 is 0 Å². The number of hydrogen-bond acceptors (Lipinski definition) is 3. The lowest BCUT2D eigenvalue weighted by Gasteiger charge is -2.07. The highest BCUT2D eigenvalue weighted by molar-refractivity contribution is 5.45. The molecule has 3 nitrogen and oxygen atoms in total. The summed E-state index contributed by atoms with van der Waals surface area (Å²) in [4.78, 5) is 9.08. The highest BCUT2D eigenvalue weighted by Gasteiger charge is 2.17. The van der Waals surface area contributed by atoms with Gasteiger partial charge in [-0.25, -0.2) is 9.97 Å². The molecule has 0 amide bonds. The zero-order valence-corrected chi connectivity index (χ0v) is 10.6. The summed E-state index contributed by atoms with van der Waals surface area (Å²) in [5.41, 5.74) is 10.8. The second kappa shape index (κ2) is 4.41. The third-order valence-electron chi connectivity index (χ3n) is 3.46. The normalized spacial score (nSPS) is 13.6. The second-order valence-electron chi connectivity index (χ2n) is 4.97. The van der Waals surface area contributed by atoms with Gasteiger partial charge in [0.15, 0.2) is 0 Å². The van der Waals surface area contributed by atoms with Gasteiger partial charge in [-0.1, -0.05) is 29.8 Å². The largest absolute Gasteiger partial charge is 0.383 e. The quantitative estimate of drug-likeness (QED) is 0.875. The number of anilines is 1. The molecule has 0 bridgehead atoms. The Kier molecular flexibility index (Phi) is 2.74. The van der Waals surface area contributed by atoms with E-state index in [1.54, 1.807) is 0 Å². The van der Waals surface area contributed by atoms with E-state index < -0.39 is 0 Å². The molecule has 3 rings (SSSR count). The molecule has 1 aromatic heterocycles. The minimum atomic E-state index is 0.681. The average Bonchev–Trinajstić information content (AvgIpc) is 2.77. The molecule has 0 radical (unpaired) electrons. The number of aryl methyl sites for hydroxylation is 2. The van der Waals surface area contributed by atoms with E-state index in [1.165, 1.54) is 16.7 Å². The van der Waals surface area contributed by atoms with Crippen molar-refractivity contribution in [1.29, 1.82) is 0 Å². The first-order valence-electron chi connectivity index (χ1n) is 6.42. The lowest BCUT2D eigenvalue weighted by Crippen LogP contribution is -2.06. The Morgan fingerprint density at radius 3 is 2.94 bits per heavy atom. The Bertz CT molecular complexity index is 590. The maximum atomic E-state index is 6.01. The maximum Gasteiger partial charge on any atom is 0.135 e. The third kappa shape index (κ3) is 2.08. The number of fused-ring (bicyclic) bond motifs is 1. The Labute approximate surface area is 107 Å². The van der Waals surface area contributed by atoms with Crippen LogP contribution in [0.1, 0.15) is 34.6 Å². The summed E-state index contributed by atoms with van der Waals surface area (Å²) in [6, 6.07) is 8.45. The van der Waals surface area contributed by atoms with E-state index in [0.29, 0.717) is 5.82 Å². The van der Waals surface area contributed by atoms with Crippen LogP contribution in [-0.4, -0.2) is 9.97 Å². The lowest BCUT2D eigenvalue weighted by molar-refractivity contribution is 0.886. The van der Waals surface area contributed by atoms with E-state index in [2.05, 4.69) is 41.2 Å². The summed E-state index contributed by atoms with van der Waals surface area (Å²) in [6.07, 6.45) is 4.00. The maximum absolute atomic E-state index is 6.01. The van der Waals surface area contributed by atoms with Gasteiger partial charge in [-0.3, -0.25) is 0 Å². The molecule has 2 aromatic rings. The summed E-state index contributed by atoms with van der Waals surface area (Å²) < 4.78 is 0. The van der Waals surface area contributed by atoms with E-state index in [4.69, 9.17) is 5.73 Å². The molecule has 0 saturated carbocycles. The standard InChI is InChI=1S/C15H17N3/c1-10-4-2-5-11(8-10)9-14-17-13-7-3-6-12(13)15(16)18-14/h2,4-5,8H,3,6-7,9H2,1H3,(H2,16,17,18). The van der Waals surface area contributed by atoms with Crippen LogP contribution >= 0.6 is 0 Å².